The highest BCUT2D eigenvalue weighted by atomic mass is 35.7. The number of hydrogen-bond donors (Lipinski definition) is 1. The Morgan fingerprint density at radius 1 is 1.15 bits per heavy atom. The maximum absolute atomic E-state index is 11.9. The fraction of sp³-hybridized carbons (Fsp3) is 0.929. The average molecular weight is 438 g/mol. The molecule has 1 N–H and O–H groups in total. The van der Waals surface area contributed by atoms with Gasteiger partial charge in [-0.25, -0.2) is 13.2 Å². The smallest absolute Gasteiger partial charge is 0.410 e. The highest BCUT2D eigenvalue weighted by Crippen LogP contribution is 2.32. The molecule has 0 saturated carbocycles. The first kappa shape index (κ1) is 25.4. The van der Waals surface area contributed by atoms with Crippen LogP contribution >= 0.6 is 10.7 Å². The maximum Gasteiger partial charge on any atom is 0.410 e. The van der Waals surface area contributed by atoms with E-state index in [1.807, 2.05) is 0 Å². The van der Waals surface area contributed by atoms with E-state index in [0.29, 0.717) is 25.9 Å². The van der Waals surface area contributed by atoms with Gasteiger partial charge in [-0.1, -0.05) is 0 Å². The number of piperidine rings is 1. The van der Waals surface area contributed by atoms with E-state index in [1.165, 1.54) is 0 Å². The van der Waals surface area contributed by atoms with E-state index in [0.717, 1.165) is 12.5 Å². The molecule has 0 aromatic rings. The lowest BCUT2D eigenvalue weighted by Gasteiger charge is -2.40. The van der Waals surface area contributed by atoms with Crippen LogP contribution in [-0.2, 0) is 28.1 Å². The van der Waals surface area contributed by atoms with E-state index in [2.05, 4.69) is 10.7 Å². The molecule has 0 unspecified atom stereocenters. The van der Waals surface area contributed by atoms with Gasteiger partial charge in [0, 0.05) is 29.2 Å². The topological polar surface area (TPSA) is 127 Å². The summed E-state index contributed by atoms with van der Waals surface area (Å²) in [5.41, 5.74) is -1.18. The summed E-state index contributed by atoms with van der Waals surface area (Å²) in [5, 5.41) is 9.54. The molecule has 0 atom stereocenters. The molecule has 1 fully saturated rings. The van der Waals surface area contributed by atoms with E-state index < -0.39 is 36.3 Å². The number of carbonyl (C=O) groups excluding carboxylic acids is 1. The van der Waals surface area contributed by atoms with Crippen LogP contribution < -0.4 is 0 Å². The number of carbonyl (C=O) groups is 1. The predicted molar refractivity (Wildman–Crippen MR) is 98.1 cm³/mol. The van der Waals surface area contributed by atoms with Crippen LogP contribution in [0.25, 0.3) is 0 Å². The standard InChI is InChI=1S/C13H25NO6S.CH3ClO2S/c1-12(2,3)20-11(16)14-7-5-13(9-15,6-8-14)10-19-21(4,17)18;1-5(2,3)4/h15H,5-10H2,1-4H3;1H3. The molecule has 0 spiro atoms. The van der Waals surface area contributed by atoms with E-state index in [-0.39, 0.29) is 13.2 Å². The Bertz CT molecular complexity index is 654. The van der Waals surface area contributed by atoms with Gasteiger partial charge in [-0.2, -0.15) is 8.42 Å². The second-order valence-electron chi connectivity index (χ2n) is 7.27. The summed E-state index contributed by atoms with van der Waals surface area (Å²) in [4.78, 5) is 13.5. The number of aliphatic hydroxyl groups excluding tert-OH is 1. The van der Waals surface area contributed by atoms with Gasteiger partial charge in [-0.05, 0) is 33.6 Å². The quantitative estimate of drug-likeness (QED) is 0.512. The molecule has 1 saturated heterocycles. The van der Waals surface area contributed by atoms with E-state index in [1.54, 1.807) is 25.7 Å². The van der Waals surface area contributed by atoms with Crippen molar-refractivity contribution in [2.24, 2.45) is 5.41 Å². The van der Waals surface area contributed by atoms with E-state index in [9.17, 15) is 26.7 Å². The minimum atomic E-state index is -3.54. The van der Waals surface area contributed by atoms with Crippen LogP contribution in [0.4, 0.5) is 4.79 Å². The van der Waals surface area contributed by atoms with Crippen molar-refractivity contribution in [3.63, 3.8) is 0 Å². The van der Waals surface area contributed by atoms with Crippen molar-refractivity contribution in [1.82, 2.24) is 4.90 Å². The Balaban J connectivity index is 0.00000110. The SMILES string of the molecule is CC(C)(C)OC(=O)N1CCC(CO)(COS(C)(=O)=O)CC1.CS(=O)(=O)Cl. The molecule has 0 aromatic carbocycles. The van der Waals surface area contributed by atoms with Gasteiger partial charge >= 0.3 is 6.09 Å². The first-order valence-electron chi connectivity index (χ1n) is 7.79. The largest absolute Gasteiger partial charge is 0.444 e. The molecule has 1 amide bonds. The first-order valence-corrected chi connectivity index (χ1v) is 12.3. The number of rotatable bonds is 4. The summed E-state index contributed by atoms with van der Waals surface area (Å²) in [7, 11) is -2.23. The van der Waals surface area contributed by atoms with Gasteiger partial charge in [0.2, 0.25) is 9.05 Å². The van der Waals surface area contributed by atoms with Crippen LogP contribution in [0.2, 0.25) is 0 Å². The van der Waals surface area contributed by atoms with Crippen molar-refractivity contribution in [1.29, 1.82) is 0 Å². The molecule has 1 heterocycles. The third-order valence-electron chi connectivity index (χ3n) is 3.39. The van der Waals surface area contributed by atoms with Crippen LogP contribution in [0.15, 0.2) is 0 Å². The van der Waals surface area contributed by atoms with Crippen molar-refractivity contribution < 1.29 is 35.7 Å². The molecule has 12 heteroatoms. The Kier molecular flexibility index (Phi) is 9.31. The van der Waals surface area contributed by atoms with Crippen molar-refractivity contribution in [2.75, 3.05) is 38.8 Å². The zero-order valence-electron chi connectivity index (χ0n) is 15.7. The van der Waals surface area contributed by atoms with Gasteiger partial charge in [0.05, 0.1) is 25.7 Å². The Hall–Kier alpha value is -0.620. The molecule has 0 aliphatic carbocycles. The van der Waals surface area contributed by atoms with Crippen LogP contribution in [0.3, 0.4) is 0 Å². The van der Waals surface area contributed by atoms with Gasteiger partial charge in [-0.3, -0.25) is 4.18 Å². The second kappa shape index (κ2) is 9.54. The summed E-state index contributed by atoms with van der Waals surface area (Å²) in [6.45, 7) is 5.97. The summed E-state index contributed by atoms with van der Waals surface area (Å²) >= 11 is 0. The maximum atomic E-state index is 11.9. The minimum Gasteiger partial charge on any atom is -0.444 e. The van der Waals surface area contributed by atoms with Gasteiger partial charge in [0.25, 0.3) is 10.1 Å². The fourth-order valence-corrected chi connectivity index (χ4v) is 2.53. The second-order valence-corrected chi connectivity index (χ2v) is 12.0. The molecule has 9 nitrogen and oxygen atoms in total. The highest BCUT2D eigenvalue weighted by molar-refractivity contribution is 8.13. The monoisotopic (exact) mass is 437 g/mol. The number of nitrogens with zero attached hydrogens (tertiary/aromatic N) is 1. The number of ether oxygens (including phenoxy) is 1. The summed E-state index contributed by atoms with van der Waals surface area (Å²) in [6.07, 6.45) is 2.46. The predicted octanol–water partition coefficient (Wildman–Crippen LogP) is 1.16. The van der Waals surface area contributed by atoms with Crippen LogP contribution in [0, 0.1) is 5.41 Å². The van der Waals surface area contributed by atoms with Gasteiger partial charge in [-0.15, -0.1) is 0 Å². The van der Waals surface area contributed by atoms with Gasteiger partial charge in [0.1, 0.15) is 5.60 Å². The number of halogens is 1. The molecule has 26 heavy (non-hydrogen) atoms. The Labute approximate surface area is 160 Å². The number of likely N-dealkylation sites (tertiary alicyclic amines) is 1. The molecule has 156 valence electrons. The molecule has 0 radical (unpaired) electrons. The average Bonchev–Trinajstić information content (AvgIpc) is 2.41. The fourth-order valence-electron chi connectivity index (χ4n) is 2.07. The lowest BCUT2D eigenvalue weighted by Crippen LogP contribution is -2.48. The van der Waals surface area contributed by atoms with Crippen molar-refractivity contribution in [2.45, 2.75) is 39.2 Å². The molecular weight excluding hydrogens is 410 g/mol. The van der Waals surface area contributed by atoms with E-state index >= 15 is 0 Å². The Morgan fingerprint density at radius 2 is 1.58 bits per heavy atom. The number of amides is 1. The number of aliphatic hydroxyl groups is 1. The summed E-state index contributed by atoms with van der Waals surface area (Å²) in [6, 6.07) is 0. The normalized spacial score (nSPS) is 17.9. The molecule has 0 aromatic heterocycles. The molecule has 1 rings (SSSR count). The lowest BCUT2D eigenvalue weighted by atomic mass is 9.80. The highest BCUT2D eigenvalue weighted by Gasteiger charge is 2.37. The van der Waals surface area contributed by atoms with E-state index in [4.69, 9.17) is 8.92 Å². The third kappa shape index (κ3) is 12.7. The number of hydrogen-bond acceptors (Lipinski definition) is 8. The summed E-state index contributed by atoms with van der Waals surface area (Å²) in [5.74, 6) is 0. The molecule has 0 bridgehead atoms. The molecular formula is C14H28ClNO8S2. The van der Waals surface area contributed by atoms with Crippen molar-refractivity contribution in [3.8, 4) is 0 Å². The van der Waals surface area contributed by atoms with Crippen LogP contribution in [0.5, 0.6) is 0 Å². The van der Waals surface area contributed by atoms with Crippen molar-refractivity contribution >= 4 is 35.9 Å². The van der Waals surface area contributed by atoms with Crippen LogP contribution in [-0.4, -0.2) is 77.4 Å². The van der Waals surface area contributed by atoms with Crippen LogP contribution in [0.1, 0.15) is 33.6 Å². The molecule has 1 aliphatic heterocycles. The summed E-state index contributed by atoms with van der Waals surface area (Å²) < 4.78 is 51.0. The zero-order chi connectivity index (χ0) is 20.8. The van der Waals surface area contributed by atoms with Crippen molar-refractivity contribution in [3.05, 3.63) is 0 Å². The first-order chi connectivity index (χ1) is 11.5. The Morgan fingerprint density at radius 3 is 1.88 bits per heavy atom. The lowest BCUT2D eigenvalue weighted by molar-refractivity contribution is -0.0136. The van der Waals surface area contributed by atoms with Gasteiger partial charge < -0.3 is 14.7 Å². The molecule has 1 aliphatic rings. The zero-order valence-corrected chi connectivity index (χ0v) is 18.1. The van der Waals surface area contributed by atoms with Gasteiger partial charge in [0.15, 0.2) is 0 Å². The third-order valence-corrected chi connectivity index (χ3v) is 3.94. The minimum absolute atomic E-state index is 0.0650.